The summed E-state index contributed by atoms with van der Waals surface area (Å²) >= 11 is 0. The molecule has 2 rings (SSSR count). The summed E-state index contributed by atoms with van der Waals surface area (Å²) in [5.41, 5.74) is 0.985. The van der Waals surface area contributed by atoms with Crippen LogP contribution in [-0.2, 0) is 6.54 Å². The maximum Gasteiger partial charge on any atom is 0.191 e. The lowest BCUT2D eigenvalue weighted by Crippen LogP contribution is -2.37. The van der Waals surface area contributed by atoms with Crippen molar-refractivity contribution in [2.75, 3.05) is 34.9 Å². The van der Waals surface area contributed by atoms with Gasteiger partial charge in [-0.3, -0.25) is 4.99 Å². The first-order chi connectivity index (χ1) is 12.7. The zero-order valence-electron chi connectivity index (χ0n) is 17.0. The molecule has 0 atom stereocenters. The number of hydrogen-bond acceptors (Lipinski definition) is 4. The minimum absolute atomic E-state index is 0. The van der Waals surface area contributed by atoms with Crippen molar-refractivity contribution in [1.82, 2.24) is 10.6 Å². The van der Waals surface area contributed by atoms with E-state index < -0.39 is 0 Å². The molecule has 1 aromatic rings. The maximum atomic E-state index is 5.47. The van der Waals surface area contributed by atoms with Gasteiger partial charge in [0.15, 0.2) is 17.5 Å². The third-order valence-electron chi connectivity index (χ3n) is 5.01. The highest BCUT2D eigenvalue weighted by molar-refractivity contribution is 14.0. The maximum absolute atomic E-state index is 5.47. The fourth-order valence-corrected chi connectivity index (χ4v) is 3.53. The molecule has 1 fully saturated rings. The van der Waals surface area contributed by atoms with Crippen LogP contribution in [0.3, 0.4) is 0 Å². The van der Waals surface area contributed by atoms with Gasteiger partial charge in [0.25, 0.3) is 0 Å². The first-order valence-electron chi connectivity index (χ1n) is 9.45. The van der Waals surface area contributed by atoms with Gasteiger partial charge in [0.2, 0.25) is 0 Å². The van der Waals surface area contributed by atoms with Crippen molar-refractivity contribution in [1.29, 1.82) is 0 Å². The molecule has 0 saturated heterocycles. The SMILES string of the molecule is CN=C(NCCCC1CCCC1)NCc1cc(OC)c(OC)cc1OC.I. The lowest BCUT2D eigenvalue weighted by atomic mass is 10.0. The summed E-state index contributed by atoms with van der Waals surface area (Å²) in [4.78, 5) is 4.30. The van der Waals surface area contributed by atoms with Gasteiger partial charge < -0.3 is 24.8 Å². The van der Waals surface area contributed by atoms with Gasteiger partial charge in [-0.15, -0.1) is 24.0 Å². The zero-order chi connectivity index (χ0) is 18.8. The predicted octanol–water partition coefficient (Wildman–Crippen LogP) is 3.97. The second-order valence-corrected chi connectivity index (χ2v) is 6.66. The lowest BCUT2D eigenvalue weighted by Gasteiger charge is -2.16. The van der Waals surface area contributed by atoms with E-state index in [1.807, 2.05) is 12.1 Å². The molecule has 27 heavy (non-hydrogen) atoms. The van der Waals surface area contributed by atoms with E-state index in [-0.39, 0.29) is 24.0 Å². The second kappa shape index (κ2) is 12.9. The highest BCUT2D eigenvalue weighted by atomic mass is 127. The first-order valence-corrected chi connectivity index (χ1v) is 9.45. The van der Waals surface area contributed by atoms with Crippen LogP contribution in [0.1, 0.15) is 44.1 Å². The summed E-state index contributed by atoms with van der Waals surface area (Å²) in [6.45, 7) is 1.53. The van der Waals surface area contributed by atoms with E-state index in [1.165, 1.54) is 38.5 Å². The fraction of sp³-hybridized carbons (Fsp3) is 0.650. The van der Waals surface area contributed by atoms with Crippen LogP contribution in [0.25, 0.3) is 0 Å². The van der Waals surface area contributed by atoms with Gasteiger partial charge in [-0.25, -0.2) is 0 Å². The van der Waals surface area contributed by atoms with Gasteiger partial charge in [-0.2, -0.15) is 0 Å². The van der Waals surface area contributed by atoms with E-state index in [1.54, 1.807) is 28.4 Å². The van der Waals surface area contributed by atoms with E-state index in [4.69, 9.17) is 14.2 Å². The highest BCUT2D eigenvalue weighted by Crippen LogP contribution is 2.34. The Morgan fingerprint density at radius 1 is 1.00 bits per heavy atom. The molecule has 0 spiro atoms. The number of guanidine groups is 1. The second-order valence-electron chi connectivity index (χ2n) is 6.66. The molecular weight excluding hydrogens is 457 g/mol. The summed E-state index contributed by atoms with van der Waals surface area (Å²) in [5, 5.41) is 6.73. The topological polar surface area (TPSA) is 64.1 Å². The van der Waals surface area contributed by atoms with Crippen LogP contribution in [0.15, 0.2) is 17.1 Å². The Bertz CT molecular complexity index is 590. The number of benzene rings is 1. The van der Waals surface area contributed by atoms with Crippen molar-refractivity contribution in [3.05, 3.63) is 17.7 Å². The van der Waals surface area contributed by atoms with Crippen LogP contribution in [0.2, 0.25) is 0 Å². The highest BCUT2D eigenvalue weighted by Gasteiger charge is 2.14. The van der Waals surface area contributed by atoms with Crippen LogP contribution in [0.4, 0.5) is 0 Å². The Kier molecular flexibility index (Phi) is 11.3. The van der Waals surface area contributed by atoms with Crippen LogP contribution >= 0.6 is 24.0 Å². The lowest BCUT2D eigenvalue weighted by molar-refractivity contribution is 0.347. The molecule has 154 valence electrons. The average Bonchev–Trinajstić information content (AvgIpc) is 3.20. The van der Waals surface area contributed by atoms with Crippen molar-refractivity contribution < 1.29 is 14.2 Å². The number of rotatable bonds is 9. The Morgan fingerprint density at radius 3 is 2.22 bits per heavy atom. The van der Waals surface area contributed by atoms with Gasteiger partial charge >= 0.3 is 0 Å². The Balaban J connectivity index is 0.00000364. The molecule has 1 aliphatic carbocycles. The van der Waals surface area contributed by atoms with Gasteiger partial charge in [-0.1, -0.05) is 25.7 Å². The van der Waals surface area contributed by atoms with Crippen molar-refractivity contribution in [2.24, 2.45) is 10.9 Å². The number of nitrogens with one attached hydrogen (secondary N) is 2. The quantitative estimate of drug-likeness (QED) is 0.237. The van der Waals surface area contributed by atoms with E-state index in [9.17, 15) is 0 Å². The molecule has 7 heteroatoms. The summed E-state index contributed by atoms with van der Waals surface area (Å²) < 4.78 is 16.2. The summed E-state index contributed by atoms with van der Waals surface area (Å²) in [5.74, 6) is 3.83. The molecule has 0 aromatic heterocycles. The van der Waals surface area contributed by atoms with E-state index in [0.717, 1.165) is 29.7 Å². The van der Waals surface area contributed by atoms with Crippen molar-refractivity contribution in [3.8, 4) is 17.2 Å². The Labute approximate surface area is 180 Å². The Morgan fingerprint density at radius 2 is 1.63 bits per heavy atom. The van der Waals surface area contributed by atoms with Crippen LogP contribution in [-0.4, -0.2) is 40.9 Å². The van der Waals surface area contributed by atoms with E-state index in [2.05, 4.69) is 15.6 Å². The van der Waals surface area contributed by atoms with Gasteiger partial charge in [-0.05, 0) is 24.8 Å². The summed E-state index contributed by atoms with van der Waals surface area (Å²) in [7, 11) is 6.69. The molecule has 1 saturated carbocycles. The van der Waals surface area contributed by atoms with E-state index >= 15 is 0 Å². The van der Waals surface area contributed by atoms with Gasteiger partial charge in [0.05, 0.1) is 21.3 Å². The Hall–Kier alpha value is -1.38. The number of hydrogen-bond donors (Lipinski definition) is 2. The first kappa shape index (κ1) is 23.7. The molecule has 0 heterocycles. The predicted molar refractivity (Wildman–Crippen MR) is 121 cm³/mol. The molecule has 0 radical (unpaired) electrons. The normalized spacial score (nSPS) is 14.4. The zero-order valence-corrected chi connectivity index (χ0v) is 19.3. The number of nitrogens with zero attached hydrogens (tertiary/aromatic N) is 1. The smallest absolute Gasteiger partial charge is 0.191 e. The van der Waals surface area contributed by atoms with Crippen LogP contribution in [0.5, 0.6) is 17.2 Å². The van der Waals surface area contributed by atoms with Crippen molar-refractivity contribution >= 4 is 29.9 Å². The summed E-state index contributed by atoms with van der Waals surface area (Å²) in [6.07, 6.45) is 8.14. The molecule has 0 aliphatic heterocycles. The minimum atomic E-state index is 0. The molecule has 0 unspecified atom stereocenters. The fourth-order valence-electron chi connectivity index (χ4n) is 3.53. The van der Waals surface area contributed by atoms with Gasteiger partial charge in [0.1, 0.15) is 5.75 Å². The van der Waals surface area contributed by atoms with Crippen LogP contribution < -0.4 is 24.8 Å². The minimum Gasteiger partial charge on any atom is -0.496 e. The number of methoxy groups -OCH3 is 3. The number of halogens is 1. The third-order valence-corrected chi connectivity index (χ3v) is 5.01. The molecule has 0 amide bonds. The summed E-state index contributed by atoms with van der Waals surface area (Å²) in [6, 6.07) is 3.77. The molecular formula is C20H34IN3O3. The monoisotopic (exact) mass is 491 g/mol. The van der Waals surface area contributed by atoms with Gasteiger partial charge in [0, 0.05) is 31.8 Å². The molecule has 6 nitrogen and oxygen atoms in total. The number of aliphatic imine (C=N–C) groups is 1. The standard InChI is InChI=1S/C20H33N3O3.HI/c1-21-20(22-11-7-10-15-8-5-6-9-15)23-14-16-12-18(25-3)19(26-4)13-17(16)24-2;/h12-13,15H,5-11,14H2,1-4H3,(H2,21,22,23);1H. The largest absolute Gasteiger partial charge is 0.496 e. The van der Waals surface area contributed by atoms with Crippen molar-refractivity contribution in [3.63, 3.8) is 0 Å². The molecule has 1 aliphatic rings. The average molecular weight is 491 g/mol. The molecule has 2 N–H and O–H groups in total. The third kappa shape index (κ3) is 7.27. The number of ether oxygens (including phenoxy) is 3. The van der Waals surface area contributed by atoms with E-state index in [0.29, 0.717) is 18.0 Å². The molecule has 1 aromatic carbocycles. The van der Waals surface area contributed by atoms with Crippen molar-refractivity contribution in [2.45, 2.75) is 45.1 Å². The molecule has 0 bridgehead atoms. The van der Waals surface area contributed by atoms with Crippen LogP contribution in [0, 0.1) is 5.92 Å².